The molecule has 84 valence electrons. The van der Waals surface area contributed by atoms with Crippen LogP contribution in [0.1, 0.15) is 24.2 Å². The Kier molecular flexibility index (Phi) is 2.92. The predicted molar refractivity (Wildman–Crippen MR) is 64.9 cm³/mol. The molecule has 5 heteroatoms. The minimum absolute atomic E-state index is 0.532. The third-order valence-corrected chi connectivity index (χ3v) is 3.49. The summed E-state index contributed by atoms with van der Waals surface area (Å²) in [6, 6.07) is 2.18. The predicted octanol–water partition coefficient (Wildman–Crippen LogP) is 1.93. The van der Waals surface area contributed by atoms with Gasteiger partial charge in [-0.25, -0.2) is 4.98 Å². The summed E-state index contributed by atoms with van der Waals surface area (Å²) in [6.07, 6.45) is 2.33. The van der Waals surface area contributed by atoms with Crippen molar-refractivity contribution in [2.24, 2.45) is 7.05 Å². The zero-order valence-corrected chi connectivity index (χ0v) is 10.3. The number of anilines is 1. The van der Waals surface area contributed by atoms with E-state index < -0.39 is 0 Å². The van der Waals surface area contributed by atoms with Crippen LogP contribution in [-0.2, 0) is 7.05 Å². The third kappa shape index (κ3) is 1.69. The van der Waals surface area contributed by atoms with Gasteiger partial charge in [0.25, 0.3) is 0 Å². The van der Waals surface area contributed by atoms with Crippen molar-refractivity contribution in [2.75, 3.05) is 18.0 Å². The Morgan fingerprint density at radius 1 is 1.38 bits per heavy atom. The number of nitrogens with zero attached hydrogens (tertiary/aromatic N) is 4. The van der Waals surface area contributed by atoms with Gasteiger partial charge < -0.3 is 9.47 Å². The molecule has 0 aliphatic carbocycles. The fourth-order valence-corrected chi connectivity index (χ4v) is 2.22. The average molecular weight is 234 g/mol. The van der Waals surface area contributed by atoms with E-state index in [1.807, 2.05) is 14.0 Å². The summed E-state index contributed by atoms with van der Waals surface area (Å²) >= 11 is 5.28. The quantitative estimate of drug-likeness (QED) is 0.696. The lowest BCUT2D eigenvalue weighted by molar-refractivity contribution is 0.777. The second-order valence-electron chi connectivity index (χ2n) is 4.03. The summed E-state index contributed by atoms with van der Waals surface area (Å²) in [5.41, 5.74) is 0.532. The van der Waals surface area contributed by atoms with Gasteiger partial charge in [0, 0.05) is 20.1 Å². The molecule has 0 amide bonds. The van der Waals surface area contributed by atoms with Crippen LogP contribution in [0.4, 0.5) is 5.82 Å². The van der Waals surface area contributed by atoms with Gasteiger partial charge in [-0.3, -0.25) is 0 Å². The highest BCUT2D eigenvalue weighted by molar-refractivity contribution is 7.71. The number of hydrogen-bond donors (Lipinski definition) is 0. The molecule has 16 heavy (non-hydrogen) atoms. The van der Waals surface area contributed by atoms with E-state index in [0.29, 0.717) is 10.2 Å². The lowest BCUT2D eigenvalue weighted by Crippen LogP contribution is -2.22. The van der Waals surface area contributed by atoms with Crippen LogP contribution in [0.2, 0.25) is 0 Å². The maximum absolute atomic E-state index is 9.18. The fraction of sp³-hybridized carbons (Fsp3) is 0.545. The number of rotatable bonds is 1. The van der Waals surface area contributed by atoms with Gasteiger partial charge in [-0.05, 0) is 19.8 Å². The molecular formula is C11H14N4S. The van der Waals surface area contributed by atoms with Crippen molar-refractivity contribution >= 4 is 18.0 Å². The van der Waals surface area contributed by atoms with Gasteiger partial charge in [-0.2, -0.15) is 5.26 Å². The summed E-state index contributed by atoms with van der Waals surface area (Å²) in [6.45, 7) is 3.86. The molecule has 0 spiro atoms. The van der Waals surface area contributed by atoms with Crippen LogP contribution >= 0.6 is 12.2 Å². The topological polar surface area (TPSA) is 44.9 Å². The van der Waals surface area contributed by atoms with Gasteiger partial charge in [0.1, 0.15) is 22.1 Å². The van der Waals surface area contributed by atoms with Crippen LogP contribution in [0.3, 0.4) is 0 Å². The number of hydrogen-bond acceptors (Lipinski definition) is 4. The molecule has 0 radical (unpaired) electrons. The Hall–Kier alpha value is -1.41. The van der Waals surface area contributed by atoms with Crippen LogP contribution < -0.4 is 4.90 Å². The van der Waals surface area contributed by atoms with E-state index in [9.17, 15) is 5.26 Å². The van der Waals surface area contributed by atoms with Gasteiger partial charge in [0.2, 0.25) is 0 Å². The Labute approximate surface area is 100 Å². The van der Waals surface area contributed by atoms with Crippen LogP contribution in [0.25, 0.3) is 0 Å². The van der Waals surface area contributed by atoms with Gasteiger partial charge in [-0.1, -0.05) is 12.2 Å². The van der Waals surface area contributed by atoms with Gasteiger partial charge >= 0.3 is 0 Å². The molecule has 4 nitrogen and oxygen atoms in total. The van der Waals surface area contributed by atoms with Gasteiger partial charge in [-0.15, -0.1) is 0 Å². The van der Waals surface area contributed by atoms with E-state index in [1.54, 1.807) is 4.57 Å². The third-order valence-electron chi connectivity index (χ3n) is 3.01. The van der Waals surface area contributed by atoms with Crippen molar-refractivity contribution in [3.05, 3.63) is 16.0 Å². The molecular weight excluding hydrogens is 220 g/mol. The van der Waals surface area contributed by atoms with Crippen molar-refractivity contribution in [3.63, 3.8) is 0 Å². The minimum Gasteiger partial charge on any atom is -0.355 e. The van der Waals surface area contributed by atoms with E-state index >= 15 is 0 Å². The lowest BCUT2D eigenvalue weighted by atomic mass is 10.3. The monoisotopic (exact) mass is 234 g/mol. The molecule has 1 aromatic rings. The SMILES string of the molecule is Cc1nc(N2CCCC2)c(C#N)c(=S)n1C. The Morgan fingerprint density at radius 3 is 2.56 bits per heavy atom. The van der Waals surface area contributed by atoms with E-state index in [-0.39, 0.29) is 0 Å². The smallest absolute Gasteiger partial charge is 0.151 e. The van der Waals surface area contributed by atoms with Crippen LogP contribution in [0.15, 0.2) is 0 Å². The van der Waals surface area contributed by atoms with Gasteiger partial charge in [0.15, 0.2) is 5.82 Å². The second kappa shape index (κ2) is 4.22. The van der Waals surface area contributed by atoms with E-state index in [2.05, 4.69) is 16.0 Å². The van der Waals surface area contributed by atoms with Crippen LogP contribution in [-0.4, -0.2) is 22.6 Å². The van der Waals surface area contributed by atoms with Crippen molar-refractivity contribution in [2.45, 2.75) is 19.8 Å². The zero-order chi connectivity index (χ0) is 11.7. The molecule has 1 aliphatic rings. The first-order valence-electron chi connectivity index (χ1n) is 5.38. The summed E-state index contributed by atoms with van der Waals surface area (Å²) in [7, 11) is 1.85. The first-order chi connectivity index (χ1) is 7.65. The molecule has 0 atom stereocenters. The molecule has 1 saturated heterocycles. The highest BCUT2D eigenvalue weighted by atomic mass is 32.1. The molecule has 0 N–H and O–H groups in total. The molecule has 2 heterocycles. The normalized spacial score (nSPS) is 15.2. The number of nitriles is 1. The zero-order valence-electron chi connectivity index (χ0n) is 9.53. The molecule has 1 aliphatic heterocycles. The molecule has 0 unspecified atom stereocenters. The lowest BCUT2D eigenvalue weighted by Gasteiger charge is -2.19. The second-order valence-corrected chi connectivity index (χ2v) is 4.41. The summed E-state index contributed by atoms with van der Waals surface area (Å²) in [4.78, 5) is 6.64. The molecule has 0 aromatic carbocycles. The fourth-order valence-electron chi connectivity index (χ4n) is 1.95. The molecule has 2 rings (SSSR count). The van der Waals surface area contributed by atoms with E-state index in [1.165, 1.54) is 12.8 Å². The van der Waals surface area contributed by atoms with Crippen molar-refractivity contribution in [1.82, 2.24) is 9.55 Å². The Morgan fingerprint density at radius 2 is 2.00 bits per heavy atom. The van der Waals surface area contributed by atoms with Gasteiger partial charge in [0.05, 0.1) is 0 Å². The first kappa shape index (κ1) is 11.1. The summed E-state index contributed by atoms with van der Waals surface area (Å²) in [5.74, 6) is 1.62. The highest BCUT2D eigenvalue weighted by Crippen LogP contribution is 2.23. The molecule has 1 fully saturated rings. The first-order valence-corrected chi connectivity index (χ1v) is 5.78. The largest absolute Gasteiger partial charge is 0.355 e. The van der Waals surface area contributed by atoms with Crippen LogP contribution in [0.5, 0.6) is 0 Å². The summed E-state index contributed by atoms with van der Waals surface area (Å²) < 4.78 is 2.37. The van der Waals surface area contributed by atoms with Crippen LogP contribution in [0, 0.1) is 22.9 Å². The van der Waals surface area contributed by atoms with Crippen molar-refractivity contribution < 1.29 is 0 Å². The maximum atomic E-state index is 9.18. The minimum atomic E-state index is 0.532. The molecule has 1 aromatic heterocycles. The molecule has 0 saturated carbocycles. The number of aryl methyl sites for hydroxylation is 1. The van der Waals surface area contributed by atoms with E-state index in [4.69, 9.17) is 12.2 Å². The van der Waals surface area contributed by atoms with Crippen molar-refractivity contribution in [3.8, 4) is 6.07 Å². The highest BCUT2D eigenvalue weighted by Gasteiger charge is 2.19. The van der Waals surface area contributed by atoms with Crippen molar-refractivity contribution in [1.29, 1.82) is 5.26 Å². The average Bonchev–Trinajstić information content (AvgIpc) is 2.79. The molecule has 0 bridgehead atoms. The maximum Gasteiger partial charge on any atom is 0.151 e. The summed E-state index contributed by atoms with van der Waals surface area (Å²) in [5, 5.41) is 9.18. The Bertz CT molecular complexity index is 506. The Balaban J connectivity index is 2.61. The van der Waals surface area contributed by atoms with E-state index in [0.717, 1.165) is 24.7 Å². The standard InChI is InChI=1S/C11H14N4S/c1-8-13-10(15-5-3-4-6-15)9(7-12)11(16)14(8)2/h3-6H2,1-2H3. The number of aromatic nitrogens is 2.